The number of nitrogens with one attached hydrogen (secondary N) is 1. The molecule has 168 valence electrons. The quantitative estimate of drug-likeness (QED) is 0.417. The number of ether oxygens (including phenoxy) is 3. The maximum Gasteiger partial charge on any atom is 0.193 e. The lowest BCUT2D eigenvalue weighted by Gasteiger charge is -2.34. The maximum atomic E-state index is 6.08. The van der Waals surface area contributed by atoms with Crippen LogP contribution in [0.1, 0.15) is 52.0 Å². The van der Waals surface area contributed by atoms with Crippen LogP contribution < -0.4 is 10.1 Å². The molecule has 0 spiro atoms. The van der Waals surface area contributed by atoms with Gasteiger partial charge in [0.05, 0.1) is 25.4 Å². The van der Waals surface area contributed by atoms with Crippen LogP contribution in [-0.2, 0) is 14.9 Å². The Kier molecular flexibility index (Phi) is 8.40. The summed E-state index contributed by atoms with van der Waals surface area (Å²) in [6, 6.07) is 8.30. The van der Waals surface area contributed by atoms with Gasteiger partial charge in [-0.2, -0.15) is 0 Å². The van der Waals surface area contributed by atoms with Crippen LogP contribution in [0.25, 0.3) is 0 Å². The van der Waals surface area contributed by atoms with E-state index in [-0.39, 0.29) is 5.41 Å². The molecule has 0 aromatic heterocycles. The highest BCUT2D eigenvalue weighted by Gasteiger charge is 2.24. The standard InChI is InChI=1S/C24H39N3O3/c1-24(2,3)21-9-5-6-10-22(21)29-17-13-26-23(25-4)27-14-11-19(12-15-27)30-18-20-8-7-16-28-20/h5-6,9-10,19-20H,7-8,11-18H2,1-4H3,(H,25,26). The van der Waals surface area contributed by atoms with Gasteiger partial charge in [-0.25, -0.2) is 0 Å². The van der Waals surface area contributed by atoms with Crippen LogP contribution in [0.4, 0.5) is 0 Å². The van der Waals surface area contributed by atoms with Gasteiger partial charge in [-0.1, -0.05) is 39.0 Å². The highest BCUT2D eigenvalue weighted by Crippen LogP contribution is 2.30. The number of benzene rings is 1. The SMILES string of the molecule is CN=C(NCCOc1ccccc1C(C)(C)C)N1CCC(OCC2CCCO2)CC1. The van der Waals surface area contributed by atoms with Gasteiger partial charge >= 0.3 is 0 Å². The second-order valence-electron chi connectivity index (χ2n) is 9.22. The number of likely N-dealkylation sites (tertiary alicyclic amines) is 1. The van der Waals surface area contributed by atoms with Crippen LogP contribution >= 0.6 is 0 Å². The number of hydrogen-bond donors (Lipinski definition) is 1. The van der Waals surface area contributed by atoms with Crippen molar-refractivity contribution in [3.63, 3.8) is 0 Å². The Morgan fingerprint density at radius 2 is 1.97 bits per heavy atom. The summed E-state index contributed by atoms with van der Waals surface area (Å²) in [5.41, 5.74) is 1.30. The lowest BCUT2D eigenvalue weighted by molar-refractivity contribution is -0.0367. The number of nitrogens with zero attached hydrogens (tertiary/aromatic N) is 2. The second kappa shape index (κ2) is 11.0. The molecule has 1 atom stereocenters. The van der Waals surface area contributed by atoms with Crippen molar-refractivity contribution in [3.8, 4) is 5.75 Å². The van der Waals surface area contributed by atoms with Gasteiger partial charge in [0.15, 0.2) is 5.96 Å². The largest absolute Gasteiger partial charge is 0.491 e. The van der Waals surface area contributed by atoms with Gasteiger partial charge in [0.25, 0.3) is 0 Å². The molecule has 2 heterocycles. The first-order valence-corrected chi connectivity index (χ1v) is 11.4. The smallest absolute Gasteiger partial charge is 0.193 e. The number of para-hydroxylation sites is 1. The number of guanidine groups is 1. The monoisotopic (exact) mass is 417 g/mol. The molecule has 1 aromatic rings. The van der Waals surface area contributed by atoms with E-state index >= 15 is 0 Å². The fraction of sp³-hybridized carbons (Fsp3) is 0.708. The third-order valence-electron chi connectivity index (χ3n) is 5.83. The van der Waals surface area contributed by atoms with E-state index in [4.69, 9.17) is 14.2 Å². The molecule has 2 aliphatic heterocycles. The zero-order valence-electron chi connectivity index (χ0n) is 19.2. The lowest BCUT2D eigenvalue weighted by atomic mass is 9.86. The summed E-state index contributed by atoms with van der Waals surface area (Å²) in [7, 11) is 1.85. The zero-order valence-corrected chi connectivity index (χ0v) is 19.2. The average Bonchev–Trinajstić information content (AvgIpc) is 3.26. The van der Waals surface area contributed by atoms with Gasteiger partial charge in [-0.05, 0) is 42.7 Å². The average molecular weight is 418 g/mol. The highest BCUT2D eigenvalue weighted by atomic mass is 16.5. The molecule has 0 bridgehead atoms. The van der Waals surface area contributed by atoms with Gasteiger partial charge in [-0.15, -0.1) is 0 Å². The molecule has 1 unspecified atom stereocenters. The number of aliphatic imine (C=N–C) groups is 1. The van der Waals surface area contributed by atoms with Crippen molar-refractivity contribution in [2.45, 2.75) is 64.1 Å². The summed E-state index contributed by atoms with van der Waals surface area (Å²) in [5, 5.41) is 3.45. The summed E-state index contributed by atoms with van der Waals surface area (Å²) < 4.78 is 17.8. The normalized spacial score (nSPS) is 21.1. The van der Waals surface area contributed by atoms with E-state index in [2.05, 4.69) is 54.2 Å². The number of piperidine rings is 1. The predicted octanol–water partition coefficient (Wildman–Crippen LogP) is 3.60. The molecule has 0 amide bonds. The molecule has 30 heavy (non-hydrogen) atoms. The van der Waals surface area contributed by atoms with Gasteiger partial charge in [-0.3, -0.25) is 4.99 Å². The van der Waals surface area contributed by atoms with E-state index < -0.39 is 0 Å². The van der Waals surface area contributed by atoms with E-state index in [1.165, 1.54) is 12.0 Å². The van der Waals surface area contributed by atoms with Crippen molar-refractivity contribution in [2.24, 2.45) is 4.99 Å². The van der Waals surface area contributed by atoms with Crippen LogP contribution in [0.2, 0.25) is 0 Å². The fourth-order valence-corrected chi connectivity index (χ4v) is 4.12. The van der Waals surface area contributed by atoms with E-state index in [0.717, 1.165) is 63.8 Å². The molecule has 1 N–H and O–H groups in total. The third-order valence-corrected chi connectivity index (χ3v) is 5.83. The summed E-state index contributed by atoms with van der Waals surface area (Å²) in [5.74, 6) is 1.91. The van der Waals surface area contributed by atoms with Crippen LogP contribution in [-0.4, -0.2) is 69.6 Å². The van der Waals surface area contributed by atoms with E-state index in [0.29, 0.717) is 18.8 Å². The molecule has 2 aliphatic rings. The Labute approximate surface area is 182 Å². The Morgan fingerprint density at radius 1 is 1.20 bits per heavy atom. The Balaban J connectivity index is 1.37. The van der Waals surface area contributed by atoms with Gasteiger partial charge in [0.1, 0.15) is 12.4 Å². The first kappa shape index (κ1) is 22.9. The molecule has 0 aliphatic carbocycles. The minimum absolute atomic E-state index is 0.0658. The van der Waals surface area contributed by atoms with Gasteiger partial charge in [0.2, 0.25) is 0 Å². The van der Waals surface area contributed by atoms with E-state index in [1.54, 1.807) is 0 Å². The van der Waals surface area contributed by atoms with Crippen molar-refractivity contribution in [1.82, 2.24) is 10.2 Å². The molecule has 1 aromatic carbocycles. The molecule has 2 fully saturated rings. The minimum Gasteiger partial charge on any atom is -0.491 e. The lowest BCUT2D eigenvalue weighted by Crippen LogP contribution is -2.48. The summed E-state index contributed by atoms with van der Waals surface area (Å²) in [6.07, 6.45) is 5.00. The molecule has 3 rings (SSSR count). The van der Waals surface area contributed by atoms with Crippen LogP contribution in [0.5, 0.6) is 5.75 Å². The first-order valence-electron chi connectivity index (χ1n) is 11.4. The number of rotatable bonds is 7. The van der Waals surface area contributed by atoms with Gasteiger partial charge < -0.3 is 24.4 Å². The number of hydrogen-bond acceptors (Lipinski definition) is 4. The van der Waals surface area contributed by atoms with Crippen molar-refractivity contribution in [3.05, 3.63) is 29.8 Å². The Bertz CT molecular complexity index is 673. The summed E-state index contributed by atoms with van der Waals surface area (Å²) in [6.45, 7) is 11.5. The molecular formula is C24H39N3O3. The molecular weight excluding hydrogens is 378 g/mol. The summed E-state index contributed by atoms with van der Waals surface area (Å²) >= 11 is 0. The third kappa shape index (κ3) is 6.61. The van der Waals surface area contributed by atoms with Crippen molar-refractivity contribution < 1.29 is 14.2 Å². The highest BCUT2D eigenvalue weighted by molar-refractivity contribution is 5.79. The van der Waals surface area contributed by atoms with Gasteiger partial charge in [0, 0.05) is 26.7 Å². The van der Waals surface area contributed by atoms with Crippen LogP contribution in [0.15, 0.2) is 29.3 Å². The molecule has 6 nitrogen and oxygen atoms in total. The Morgan fingerprint density at radius 3 is 2.63 bits per heavy atom. The minimum atomic E-state index is 0.0658. The van der Waals surface area contributed by atoms with Crippen molar-refractivity contribution >= 4 is 5.96 Å². The zero-order chi connectivity index (χ0) is 21.4. The van der Waals surface area contributed by atoms with Crippen LogP contribution in [0.3, 0.4) is 0 Å². The van der Waals surface area contributed by atoms with Crippen molar-refractivity contribution in [2.75, 3.05) is 46.5 Å². The maximum absolute atomic E-state index is 6.08. The second-order valence-corrected chi connectivity index (χ2v) is 9.22. The molecule has 6 heteroatoms. The molecule has 0 saturated carbocycles. The van der Waals surface area contributed by atoms with Crippen LogP contribution in [0, 0.1) is 0 Å². The van der Waals surface area contributed by atoms with E-state index in [1.807, 2.05) is 13.1 Å². The fourth-order valence-electron chi connectivity index (χ4n) is 4.12. The van der Waals surface area contributed by atoms with Crippen molar-refractivity contribution in [1.29, 1.82) is 0 Å². The Hall–Kier alpha value is -1.79. The molecule has 0 radical (unpaired) electrons. The molecule has 2 saturated heterocycles. The first-order chi connectivity index (χ1) is 14.5. The topological polar surface area (TPSA) is 55.3 Å². The van der Waals surface area contributed by atoms with E-state index in [9.17, 15) is 0 Å². The predicted molar refractivity (Wildman–Crippen MR) is 122 cm³/mol. The summed E-state index contributed by atoms with van der Waals surface area (Å²) in [4.78, 5) is 6.78.